The molecule has 0 aliphatic carbocycles. The number of carbonyl (C=O) groups excluding carboxylic acids is 2. The zero-order valence-corrected chi connectivity index (χ0v) is 13.3. The molecule has 0 atom stereocenters. The van der Waals surface area contributed by atoms with Crippen LogP contribution in [0.3, 0.4) is 0 Å². The number of hydrogen-bond donors (Lipinski definition) is 2. The Bertz CT molecular complexity index is 224. The molecule has 0 aromatic carbocycles. The minimum Gasteiger partial charge on any atom is -0.355 e. The minimum absolute atomic E-state index is 0. The van der Waals surface area contributed by atoms with E-state index >= 15 is 0 Å². The molecule has 0 saturated heterocycles. The van der Waals surface area contributed by atoms with Crippen molar-refractivity contribution in [3.8, 4) is 0 Å². The summed E-state index contributed by atoms with van der Waals surface area (Å²) in [5, 5.41) is 2.78. The number of hydrogen-bond acceptors (Lipinski definition) is 5. The Labute approximate surface area is 122 Å². The van der Waals surface area contributed by atoms with E-state index in [1.54, 1.807) is 21.6 Å². The highest BCUT2D eigenvalue weighted by atomic mass is 33.1. The Morgan fingerprint density at radius 3 is 2.33 bits per heavy atom. The van der Waals surface area contributed by atoms with E-state index in [1.807, 2.05) is 20.8 Å². The van der Waals surface area contributed by atoms with Crippen LogP contribution in [0.15, 0.2) is 0 Å². The van der Waals surface area contributed by atoms with Gasteiger partial charge in [0, 0.05) is 46.7 Å². The van der Waals surface area contributed by atoms with Gasteiger partial charge in [0.2, 0.25) is 5.91 Å². The maximum absolute atomic E-state index is 11.3. The van der Waals surface area contributed by atoms with Gasteiger partial charge >= 0.3 is 0 Å². The summed E-state index contributed by atoms with van der Waals surface area (Å²) in [6, 6.07) is 0. The van der Waals surface area contributed by atoms with Crippen molar-refractivity contribution in [2.24, 2.45) is 5.73 Å². The Hall–Kier alpha value is -0.200. The van der Waals surface area contributed by atoms with Crippen molar-refractivity contribution in [2.45, 2.75) is 40.0 Å². The molecule has 18 heavy (non-hydrogen) atoms. The molecule has 0 aliphatic heterocycles. The second-order valence-corrected chi connectivity index (χ2v) is 5.88. The molecule has 0 aromatic heterocycles. The average Bonchev–Trinajstić information content (AvgIpc) is 2.42. The van der Waals surface area contributed by atoms with E-state index in [4.69, 9.17) is 5.73 Å². The summed E-state index contributed by atoms with van der Waals surface area (Å²) in [5.41, 5.74) is 5.34. The van der Waals surface area contributed by atoms with Crippen molar-refractivity contribution >= 4 is 33.3 Å². The van der Waals surface area contributed by atoms with Gasteiger partial charge in [0.1, 0.15) is 5.78 Å². The number of rotatable bonds is 10. The molecule has 0 heterocycles. The SMILES string of the molecule is CC.CCC(=O)CCC(=O)NCCSSCCN.[HH].[HH]. The first-order chi connectivity index (χ1) is 8.70. The van der Waals surface area contributed by atoms with Crippen LogP contribution >= 0.6 is 21.6 Å². The van der Waals surface area contributed by atoms with Gasteiger partial charge in [-0.3, -0.25) is 9.59 Å². The third-order valence-electron chi connectivity index (χ3n) is 1.82. The molecule has 0 unspecified atom stereocenters. The van der Waals surface area contributed by atoms with Crippen molar-refractivity contribution in [1.29, 1.82) is 0 Å². The summed E-state index contributed by atoms with van der Waals surface area (Å²) in [4.78, 5) is 22.2. The van der Waals surface area contributed by atoms with E-state index in [0.29, 0.717) is 32.4 Å². The number of Topliss-reactive ketones (excluding diaryl/α,β-unsaturated/α-hetero) is 1. The van der Waals surface area contributed by atoms with Crippen molar-refractivity contribution in [1.82, 2.24) is 5.32 Å². The van der Waals surface area contributed by atoms with Gasteiger partial charge < -0.3 is 11.1 Å². The van der Waals surface area contributed by atoms with Crippen LogP contribution in [-0.4, -0.2) is 36.3 Å². The first-order valence-corrected chi connectivity index (χ1v) is 8.92. The average molecular weight is 299 g/mol. The zero-order chi connectivity index (χ0) is 14.2. The first kappa shape index (κ1) is 20.1. The van der Waals surface area contributed by atoms with Crippen molar-refractivity contribution in [2.75, 3.05) is 24.6 Å². The van der Waals surface area contributed by atoms with Gasteiger partial charge in [-0.1, -0.05) is 42.4 Å². The topological polar surface area (TPSA) is 72.2 Å². The summed E-state index contributed by atoms with van der Waals surface area (Å²) in [6.07, 6.45) is 1.18. The lowest BCUT2D eigenvalue weighted by molar-refractivity contribution is -0.125. The predicted octanol–water partition coefficient (Wildman–Crippen LogP) is 2.72. The lowest BCUT2D eigenvalue weighted by Crippen LogP contribution is -2.25. The van der Waals surface area contributed by atoms with Crippen LogP contribution in [0.4, 0.5) is 0 Å². The smallest absolute Gasteiger partial charge is 0.220 e. The summed E-state index contributed by atoms with van der Waals surface area (Å²) < 4.78 is 0. The fraction of sp³-hybridized carbons (Fsp3) is 0.833. The van der Waals surface area contributed by atoms with E-state index in [9.17, 15) is 9.59 Å². The third-order valence-corrected chi connectivity index (χ3v) is 4.26. The normalized spacial score (nSPS) is 9.33. The monoisotopic (exact) mass is 298 g/mol. The highest BCUT2D eigenvalue weighted by Gasteiger charge is 2.04. The molecule has 0 aliphatic rings. The summed E-state index contributed by atoms with van der Waals surface area (Å²) in [5.74, 6) is 1.91. The van der Waals surface area contributed by atoms with E-state index in [1.165, 1.54) is 0 Å². The molecule has 6 heteroatoms. The molecular formula is C12H30N2O2S2. The number of ketones is 1. The van der Waals surface area contributed by atoms with Gasteiger partial charge in [-0.05, 0) is 0 Å². The zero-order valence-electron chi connectivity index (χ0n) is 11.7. The molecule has 0 bridgehead atoms. The fourth-order valence-electron chi connectivity index (χ4n) is 0.916. The molecule has 0 saturated carbocycles. The van der Waals surface area contributed by atoms with Crippen molar-refractivity contribution in [3.63, 3.8) is 0 Å². The second kappa shape index (κ2) is 16.8. The Kier molecular flexibility index (Phi) is 18.8. The van der Waals surface area contributed by atoms with Crippen molar-refractivity contribution in [3.05, 3.63) is 0 Å². The third kappa shape index (κ3) is 15.8. The molecule has 0 spiro atoms. The molecule has 3 N–H and O–H groups in total. The molecule has 0 radical (unpaired) electrons. The van der Waals surface area contributed by atoms with Crippen molar-refractivity contribution < 1.29 is 12.4 Å². The molecule has 1 amide bonds. The van der Waals surface area contributed by atoms with Crippen LogP contribution in [-0.2, 0) is 9.59 Å². The number of nitrogens with one attached hydrogen (secondary N) is 1. The summed E-state index contributed by atoms with van der Waals surface area (Å²) in [7, 11) is 3.42. The lowest BCUT2D eigenvalue weighted by atomic mass is 10.2. The number of carbonyl (C=O) groups is 2. The number of nitrogens with two attached hydrogens (primary N) is 1. The molecule has 0 fully saturated rings. The van der Waals surface area contributed by atoms with Gasteiger partial charge in [-0.2, -0.15) is 0 Å². The van der Waals surface area contributed by atoms with E-state index < -0.39 is 0 Å². The van der Waals surface area contributed by atoms with Gasteiger partial charge in [-0.25, -0.2) is 0 Å². The van der Waals surface area contributed by atoms with Crippen LogP contribution in [0.5, 0.6) is 0 Å². The Morgan fingerprint density at radius 1 is 1.17 bits per heavy atom. The molecule has 0 aromatic rings. The van der Waals surface area contributed by atoms with E-state index in [0.717, 1.165) is 11.5 Å². The van der Waals surface area contributed by atoms with Crippen LogP contribution in [0.2, 0.25) is 0 Å². The molecule has 0 rings (SSSR count). The lowest BCUT2D eigenvalue weighted by Gasteiger charge is -2.03. The van der Waals surface area contributed by atoms with E-state index in [2.05, 4.69) is 5.32 Å². The van der Waals surface area contributed by atoms with Crippen LogP contribution in [0.1, 0.15) is 42.9 Å². The maximum Gasteiger partial charge on any atom is 0.220 e. The Balaban J connectivity index is -0.000000304. The van der Waals surface area contributed by atoms with Gasteiger partial charge in [0.05, 0.1) is 0 Å². The summed E-state index contributed by atoms with van der Waals surface area (Å²) >= 11 is 0. The predicted molar refractivity (Wildman–Crippen MR) is 87.1 cm³/mol. The minimum atomic E-state index is -0.0359. The first-order valence-electron chi connectivity index (χ1n) is 6.43. The molecular weight excluding hydrogens is 268 g/mol. The van der Waals surface area contributed by atoms with Crippen LogP contribution in [0, 0.1) is 0 Å². The largest absolute Gasteiger partial charge is 0.355 e. The highest BCUT2D eigenvalue weighted by Crippen LogP contribution is 2.18. The molecule has 4 nitrogen and oxygen atoms in total. The number of amides is 1. The van der Waals surface area contributed by atoms with Gasteiger partial charge in [0.15, 0.2) is 0 Å². The fourth-order valence-corrected chi connectivity index (χ4v) is 2.68. The quantitative estimate of drug-likeness (QED) is 0.479. The standard InChI is InChI=1S/C10H20N2O2S2.C2H6.2H2/c1-2-9(13)3-4-10(14)12-6-8-16-15-7-5-11;1-2;;/h2-8,11H2,1H3,(H,12,14);1-2H3;2*1H. The van der Waals surface area contributed by atoms with Crippen LogP contribution in [0.25, 0.3) is 0 Å². The molecule has 112 valence electrons. The summed E-state index contributed by atoms with van der Waals surface area (Å²) in [6.45, 7) is 7.15. The Morgan fingerprint density at radius 2 is 1.78 bits per heavy atom. The van der Waals surface area contributed by atoms with E-state index in [-0.39, 0.29) is 14.5 Å². The maximum atomic E-state index is 11.3. The second-order valence-electron chi connectivity index (χ2n) is 3.17. The highest BCUT2D eigenvalue weighted by molar-refractivity contribution is 8.76. The van der Waals surface area contributed by atoms with Crippen LogP contribution < -0.4 is 11.1 Å². The van der Waals surface area contributed by atoms with Gasteiger partial charge in [0.25, 0.3) is 0 Å². The van der Waals surface area contributed by atoms with Gasteiger partial charge in [-0.15, -0.1) is 0 Å².